The van der Waals surface area contributed by atoms with Gasteiger partial charge in [0, 0.05) is 19.6 Å². The number of hydrogen-bond donors (Lipinski definition) is 2. The van der Waals surface area contributed by atoms with Crippen LogP contribution in [0.4, 0.5) is 0 Å². The molecule has 0 spiro atoms. The fourth-order valence-corrected chi connectivity index (χ4v) is 2.61. The molecule has 1 atom stereocenters. The van der Waals surface area contributed by atoms with Gasteiger partial charge in [-0.3, -0.25) is 0 Å². The molecule has 1 aliphatic heterocycles. The molecule has 5 nitrogen and oxygen atoms in total. The zero-order chi connectivity index (χ0) is 9.90. The van der Waals surface area contributed by atoms with Crippen molar-refractivity contribution < 1.29 is 13.5 Å². The molecule has 6 heteroatoms. The van der Waals surface area contributed by atoms with Crippen LogP contribution in [0.1, 0.15) is 19.8 Å². The van der Waals surface area contributed by atoms with Crippen molar-refractivity contribution in [3.05, 3.63) is 0 Å². The topological polar surface area (TPSA) is 69.6 Å². The van der Waals surface area contributed by atoms with Gasteiger partial charge in [-0.25, -0.2) is 4.72 Å². The lowest BCUT2D eigenvalue weighted by Gasteiger charge is -2.15. The van der Waals surface area contributed by atoms with E-state index in [-0.39, 0.29) is 6.54 Å². The van der Waals surface area contributed by atoms with Crippen LogP contribution in [0.25, 0.3) is 0 Å². The van der Waals surface area contributed by atoms with Gasteiger partial charge in [-0.2, -0.15) is 12.7 Å². The van der Waals surface area contributed by atoms with Crippen LogP contribution in [0.5, 0.6) is 0 Å². The highest BCUT2D eigenvalue weighted by Gasteiger charge is 2.29. The predicted octanol–water partition coefficient (Wildman–Crippen LogP) is -0.703. The number of hydrogen-bond acceptors (Lipinski definition) is 3. The van der Waals surface area contributed by atoms with Crippen molar-refractivity contribution in [2.24, 2.45) is 0 Å². The van der Waals surface area contributed by atoms with Crippen LogP contribution < -0.4 is 4.72 Å². The molecule has 1 heterocycles. The summed E-state index contributed by atoms with van der Waals surface area (Å²) in [6.07, 6.45) is 0.807. The summed E-state index contributed by atoms with van der Waals surface area (Å²) >= 11 is 0. The van der Waals surface area contributed by atoms with E-state index >= 15 is 0 Å². The second-order valence-electron chi connectivity index (χ2n) is 3.20. The molecule has 1 aliphatic rings. The molecule has 0 bridgehead atoms. The maximum atomic E-state index is 11.4. The molecule has 1 saturated heterocycles. The Balaban J connectivity index is 2.50. The Bertz CT molecular complexity index is 252. The van der Waals surface area contributed by atoms with Crippen molar-refractivity contribution >= 4 is 10.2 Å². The molecule has 0 aliphatic carbocycles. The van der Waals surface area contributed by atoms with Crippen LogP contribution in [0.15, 0.2) is 0 Å². The second-order valence-corrected chi connectivity index (χ2v) is 4.96. The SMILES string of the molecule is CCCNS(=O)(=O)N1CCC(O)C1. The van der Waals surface area contributed by atoms with Crippen molar-refractivity contribution in [3.63, 3.8) is 0 Å². The molecule has 1 rings (SSSR count). The van der Waals surface area contributed by atoms with Gasteiger partial charge in [-0.1, -0.05) is 6.92 Å². The number of aliphatic hydroxyl groups is 1. The van der Waals surface area contributed by atoms with E-state index in [9.17, 15) is 8.42 Å². The molecular weight excluding hydrogens is 192 g/mol. The highest BCUT2D eigenvalue weighted by Crippen LogP contribution is 2.11. The summed E-state index contributed by atoms with van der Waals surface area (Å²) in [5, 5.41) is 9.15. The highest BCUT2D eigenvalue weighted by atomic mass is 32.2. The molecule has 0 saturated carbocycles. The largest absolute Gasteiger partial charge is 0.392 e. The molecular formula is C7H16N2O3S. The first-order valence-electron chi connectivity index (χ1n) is 4.49. The first kappa shape index (κ1) is 10.9. The third-order valence-electron chi connectivity index (χ3n) is 2.00. The van der Waals surface area contributed by atoms with Crippen molar-refractivity contribution in [3.8, 4) is 0 Å². The minimum Gasteiger partial charge on any atom is -0.392 e. The van der Waals surface area contributed by atoms with Crippen LogP contribution >= 0.6 is 0 Å². The zero-order valence-corrected chi connectivity index (χ0v) is 8.55. The molecule has 1 fully saturated rings. The van der Waals surface area contributed by atoms with Gasteiger partial charge in [-0.15, -0.1) is 0 Å². The van der Waals surface area contributed by atoms with E-state index in [1.807, 2.05) is 6.92 Å². The van der Waals surface area contributed by atoms with Crippen molar-refractivity contribution in [2.75, 3.05) is 19.6 Å². The second kappa shape index (κ2) is 4.36. The maximum Gasteiger partial charge on any atom is 0.279 e. The third-order valence-corrected chi connectivity index (χ3v) is 3.58. The Morgan fingerprint density at radius 3 is 2.77 bits per heavy atom. The van der Waals surface area contributed by atoms with Gasteiger partial charge in [0.2, 0.25) is 0 Å². The quantitative estimate of drug-likeness (QED) is 0.641. The molecule has 0 aromatic heterocycles. The standard InChI is InChI=1S/C7H16N2O3S/c1-2-4-8-13(11,12)9-5-3-7(10)6-9/h7-8,10H,2-6H2,1H3. The van der Waals surface area contributed by atoms with Gasteiger partial charge >= 0.3 is 0 Å². The van der Waals surface area contributed by atoms with Crippen molar-refractivity contribution in [1.29, 1.82) is 0 Å². The average molecular weight is 208 g/mol. The van der Waals surface area contributed by atoms with Crippen LogP contribution in [-0.2, 0) is 10.2 Å². The molecule has 1 unspecified atom stereocenters. The summed E-state index contributed by atoms with van der Waals surface area (Å²) in [5.41, 5.74) is 0. The van der Waals surface area contributed by atoms with Crippen molar-refractivity contribution in [1.82, 2.24) is 9.03 Å². The number of aliphatic hydroxyl groups excluding tert-OH is 1. The molecule has 13 heavy (non-hydrogen) atoms. The summed E-state index contributed by atoms with van der Waals surface area (Å²) in [6.45, 7) is 3.00. The summed E-state index contributed by atoms with van der Waals surface area (Å²) in [6, 6.07) is 0. The van der Waals surface area contributed by atoms with Crippen LogP contribution in [0.2, 0.25) is 0 Å². The van der Waals surface area contributed by atoms with E-state index < -0.39 is 16.3 Å². The van der Waals surface area contributed by atoms with E-state index in [1.165, 1.54) is 4.31 Å². The number of rotatable bonds is 4. The van der Waals surface area contributed by atoms with Crippen LogP contribution in [0.3, 0.4) is 0 Å². The lowest BCUT2D eigenvalue weighted by molar-refractivity contribution is 0.189. The number of nitrogens with zero attached hydrogens (tertiary/aromatic N) is 1. The molecule has 2 N–H and O–H groups in total. The van der Waals surface area contributed by atoms with Crippen molar-refractivity contribution in [2.45, 2.75) is 25.9 Å². The number of β-amino-alcohol motifs (C(OH)–C–C–N with tert-alkyl or cyclic N) is 1. The lowest BCUT2D eigenvalue weighted by Crippen LogP contribution is -2.40. The Morgan fingerprint density at radius 1 is 1.62 bits per heavy atom. The Hall–Kier alpha value is -0.170. The van der Waals surface area contributed by atoms with Gasteiger partial charge in [0.15, 0.2) is 0 Å². The summed E-state index contributed by atoms with van der Waals surface area (Å²) in [7, 11) is -3.33. The fraction of sp³-hybridized carbons (Fsp3) is 1.00. The van der Waals surface area contributed by atoms with E-state index in [4.69, 9.17) is 5.11 Å². The predicted molar refractivity (Wildman–Crippen MR) is 49.4 cm³/mol. The molecule has 0 amide bonds. The van der Waals surface area contributed by atoms with E-state index in [1.54, 1.807) is 0 Å². The van der Waals surface area contributed by atoms with Gasteiger partial charge in [0.1, 0.15) is 0 Å². The Kier molecular flexibility index (Phi) is 3.66. The monoisotopic (exact) mass is 208 g/mol. The van der Waals surface area contributed by atoms with Gasteiger partial charge in [-0.05, 0) is 12.8 Å². The van der Waals surface area contributed by atoms with Gasteiger partial charge in [0.05, 0.1) is 6.10 Å². The highest BCUT2D eigenvalue weighted by molar-refractivity contribution is 7.87. The average Bonchev–Trinajstić information content (AvgIpc) is 2.49. The first-order valence-corrected chi connectivity index (χ1v) is 5.93. The van der Waals surface area contributed by atoms with E-state index in [0.29, 0.717) is 19.5 Å². The smallest absolute Gasteiger partial charge is 0.279 e. The zero-order valence-electron chi connectivity index (χ0n) is 7.73. The molecule has 0 radical (unpaired) electrons. The summed E-state index contributed by atoms with van der Waals surface area (Å²) < 4.78 is 26.6. The Labute approximate surface area is 78.9 Å². The molecule has 0 aromatic carbocycles. The maximum absolute atomic E-state index is 11.4. The minimum atomic E-state index is -3.33. The fourth-order valence-electron chi connectivity index (χ4n) is 1.25. The normalized spacial score (nSPS) is 25.2. The van der Waals surface area contributed by atoms with Crippen LogP contribution in [0, 0.1) is 0 Å². The van der Waals surface area contributed by atoms with Gasteiger partial charge < -0.3 is 5.11 Å². The summed E-state index contributed by atoms with van der Waals surface area (Å²) in [4.78, 5) is 0. The first-order chi connectivity index (χ1) is 6.06. The third kappa shape index (κ3) is 2.91. The van der Waals surface area contributed by atoms with Gasteiger partial charge in [0.25, 0.3) is 10.2 Å². The minimum absolute atomic E-state index is 0.221. The van der Waals surface area contributed by atoms with E-state index in [0.717, 1.165) is 6.42 Å². The molecule has 78 valence electrons. The molecule has 0 aromatic rings. The Morgan fingerprint density at radius 2 is 2.31 bits per heavy atom. The lowest BCUT2D eigenvalue weighted by atomic mass is 10.3. The van der Waals surface area contributed by atoms with E-state index in [2.05, 4.69) is 4.72 Å². The number of nitrogens with one attached hydrogen (secondary N) is 1. The summed E-state index contributed by atoms with van der Waals surface area (Å²) in [5.74, 6) is 0. The van der Waals surface area contributed by atoms with Crippen LogP contribution in [-0.4, -0.2) is 43.6 Å².